The van der Waals surface area contributed by atoms with E-state index in [0.29, 0.717) is 0 Å². The van der Waals surface area contributed by atoms with Crippen LogP contribution < -0.4 is 0 Å². The predicted octanol–water partition coefficient (Wildman–Crippen LogP) is 3.16. The molecule has 0 heterocycles. The van der Waals surface area contributed by atoms with Crippen LogP contribution in [0.5, 0.6) is 0 Å². The number of hydrogen-bond acceptors (Lipinski definition) is 0. The average Bonchev–Trinajstić information content (AvgIpc) is 2.45. The average molecular weight is 148 g/mol. The predicted molar refractivity (Wildman–Crippen MR) is 48.3 cm³/mol. The van der Waals surface area contributed by atoms with Gasteiger partial charge in [0.1, 0.15) is 0 Å². The Morgan fingerprint density at radius 2 is 2.09 bits per heavy atom. The standard InChI is InChI=1S/C11H16/c1-8-6-7-10-4-3-5-11(10)9(8)2/h3-5,8-10H,6-7H2,1-2H3. The van der Waals surface area contributed by atoms with Crippen molar-refractivity contribution in [3.63, 3.8) is 0 Å². The van der Waals surface area contributed by atoms with Crippen molar-refractivity contribution >= 4 is 0 Å². The lowest BCUT2D eigenvalue weighted by Crippen LogP contribution is -2.21. The van der Waals surface area contributed by atoms with Crippen molar-refractivity contribution in [3.05, 3.63) is 23.8 Å². The van der Waals surface area contributed by atoms with Gasteiger partial charge in [-0.25, -0.2) is 0 Å². The quantitative estimate of drug-likeness (QED) is 0.495. The Morgan fingerprint density at radius 3 is 2.91 bits per heavy atom. The van der Waals surface area contributed by atoms with Gasteiger partial charge in [0.15, 0.2) is 0 Å². The van der Waals surface area contributed by atoms with Gasteiger partial charge in [0.2, 0.25) is 0 Å². The highest BCUT2D eigenvalue weighted by atomic mass is 14.3. The monoisotopic (exact) mass is 148 g/mol. The second-order valence-corrected chi connectivity index (χ2v) is 4.00. The fourth-order valence-electron chi connectivity index (χ4n) is 2.31. The molecule has 0 aromatic rings. The Kier molecular flexibility index (Phi) is 1.63. The summed E-state index contributed by atoms with van der Waals surface area (Å²) in [6.45, 7) is 4.75. The molecule has 0 N–H and O–H groups in total. The van der Waals surface area contributed by atoms with Crippen molar-refractivity contribution in [2.45, 2.75) is 26.7 Å². The van der Waals surface area contributed by atoms with E-state index in [0.717, 1.165) is 17.8 Å². The van der Waals surface area contributed by atoms with E-state index in [9.17, 15) is 0 Å². The van der Waals surface area contributed by atoms with E-state index in [-0.39, 0.29) is 0 Å². The van der Waals surface area contributed by atoms with Gasteiger partial charge in [-0.15, -0.1) is 0 Å². The summed E-state index contributed by atoms with van der Waals surface area (Å²) in [5, 5.41) is 0. The summed E-state index contributed by atoms with van der Waals surface area (Å²) in [5.41, 5.74) is 1.68. The van der Waals surface area contributed by atoms with Gasteiger partial charge in [0.25, 0.3) is 0 Å². The molecule has 2 aliphatic carbocycles. The van der Waals surface area contributed by atoms with E-state index in [2.05, 4.69) is 32.1 Å². The maximum absolute atomic E-state index is 2.38. The Labute approximate surface area is 69.0 Å². The van der Waals surface area contributed by atoms with Gasteiger partial charge in [-0.1, -0.05) is 37.6 Å². The van der Waals surface area contributed by atoms with E-state index in [4.69, 9.17) is 0 Å². The summed E-state index contributed by atoms with van der Waals surface area (Å²) in [7, 11) is 0. The van der Waals surface area contributed by atoms with E-state index in [1.54, 1.807) is 5.57 Å². The fourth-order valence-corrected chi connectivity index (χ4v) is 2.31. The number of hydrogen-bond donors (Lipinski definition) is 0. The smallest absolute Gasteiger partial charge is 0.00142 e. The molecular formula is C11H16. The van der Waals surface area contributed by atoms with Crippen LogP contribution in [0.25, 0.3) is 0 Å². The lowest BCUT2D eigenvalue weighted by molar-refractivity contribution is 0.320. The van der Waals surface area contributed by atoms with Crippen molar-refractivity contribution in [1.29, 1.82) is 0 Å². The summed E-state index contributed by atoms with van der Waals surface area (Å²) in [4.78, 5) is 0. The van der Waals surface area contributed by atoms with E-state index >= 15 is 0 Å². The summed E-state index contributed by atoms with van der Waals surface area (Å²) in [6, 6.07) is 0. The van der Waals surface area contributed by atoms with E-state index in [1.807, 2.05) is 0 Å². The van der Waals surface area contributed by atoms with E-state index in [1.165, 1.54) is 12.8 Å². The van der Waals surface area contributed by atoms with Crippen molar-refractivity contribution in [1.82, 2.24) is 0 Å². The fraction of sp³-hybridized carbons (Fsp3) is 0.636. The molecule has 3 unspecified atom stereocenters. The summed E-state index contributed by atoms with van der Waals surface area (Å²) < 4.78 is 0. The van der Waals surface area contributed by atoms with Crippen LogP contribution in [0.15, 0.2) is 23.8 Å². The van der Waals surface area contributed by atoms with Crippen molar-refractivity contribution in [2.24, 2.45) is 17.8 Å². The maximum Gasteiger partial charge on any atom is -0.00142 e. The molecule has 0 aromatic heterocycles. The molecule has 0 heteroatoms. The Morgan fingerprint density at radius 1 is 1.27 bits per heavy atom. The molecule has 1 saturated carbocycles. The van der Waals surface area contributed by atoms with Crippen LogP contribution >= 0.6 is 0 Å². The molecule has 2 rings (SSSR count). The maximum atomic E-state index is 2.38. The molecule has 11 heavy (non-hydrogen) atoms. The number of rotatable bonds is 0. The third-order valence-electron chi connectivity index (χ3n) is 3.37. The molecule has 0 bridgehead atoms. The summed E-state index contributed by atoms with van der Waals surface area (Å²) in [5.74, 6) is 2.53. The Balaban J connectivity index is 2.20. The molecule has 0 nitrogen and oxygen atoms in total. The van der Waals surface area contributed by atoms with Gasteiger partial charge < -0.3 is 0 Å². The topological polar surface area (TPSA) is 0 Å². The molecule has 60 valence electrons. The van der Waals surface area contributed by atoms with Gasteiger partial charge >= 0.3 is 0 Å². The first-order valence-electron chi connectivity index (χ1n) is 4.67. The second-order valence-electron chi connectivity index (χ2n) is 4.00. The van der Waals surface area contributed by atoms with Crippen LogP contribution in [-0.4, -0.2) is 0 Å². The molecule has 0 saturated heterocycles. The molecule has 3 atom stereocenters. The first-order valence-corrected chi connectivity index (χ1v) is 4.67. The highest BCUT2D eigenvalue weighted by molar-refractivity contribution is 5.30. The van der Waals surface area contributed by atoms with E-state index < -0.39 is 0 Å². The van der Waals surface area contributed by atoms with Gasteiger partial charge in [-0.3, -0.25) is 0 Å². The third kappa shape index (κ3) is 1.05. The second kappa shape index (κ2) is 2.51. The van der Waals surface area contributed by atoms with Crippen molar-refractivity contribution < 1.29 is 0 Å². The first-order chi connectivity index (χ1) is 5.29. The zero-order valence-electron chi connectivity index (χ0n) is 7.38. The minimum absolute atomic E-state index is 0.807. The van der Waals surface area contributed by atoms with Gasteiger partial charge in [0.05, 0.1) is 0 Å². The summed E-state index contributed by atoms with van der Waals surface area (Å²) in [6.07, 6.45) is 9.71. The molecule has 0 aromatic carbocycles. The van der Waals surface area contributed by atoms with Crippen LogP contribution in [-0.2, 0) is 0 Å². The molecule has 0 aliphatic heterocycles. The van der Waals surface area contributed by atoms with Gasteiger partial charge in [0, 0.05) is 0 Å². The van der Waals surface area contributed by atoms with Crippen LogP contribution in [0.4, 0.5) is 0 Å². The van der Waals surface area contributed by atoms with Crippen molar-refractivity contribution in [3.8, 4) is 0 Å². The SMILES string of the molecule is CC1CCC2C=CC=C2C1C. The van der Waals surface area contributed by atoms with Crippen LogP contribution in [0.3, 0.4) is 0 Å². The van der Waals surface area contributed by atoms with Crippen LogP contribution in [0.2, 0.25) is 0 Å². The zero-order chi connectivity index (χ0) is 7.84. The summed E-state index contributed by atoms with van der Waals surface area (Å²) >= 11 is 0. The highest BCUT2D eigenvalue weighted by Crippen LogP contribution is 2.40. The van der Waals surface area contributed by atoms with Crippen LogP contribution in [0.1, 0.15) is 26.7 Å². The van der Waals surface area contributed by atoms with Gasteiger partial charge in [-0.2, -0.15) is 0 Å². The molecule has 0 amide bonds. The minimum atomic E-state index is 0.807. The number of fused-ring (bicyclic) bond motifs is 1. The molecule has 0 spiro atoms. The molecule has 1 fully saturated rings. The lowest BCUT2D eigenvalue weighted by atomic mass is 9.73. The lowest BCUT2D eigenvalue weighted by Gasteiger charge is -2.32. The Bertz CT molecular complexity index is 210. The normalized spacial score (nSPS) is 42.0. The highest BCUT2D eigenvalue weighted by Gasteiger charge is 2.28. The third-order valence-corrected chi connectivity index (χ3v) is 3.37. The molecule has 0 radical (unpaired) electrons. The Hall–Kier alpha value is -0.520. The van der Waals surface area contributed by atoms with Gasteiger partial charge in [-0.05, 0) is 30.6 Å². The largest absolute Gasteiger partial charge is 0.0773 e. The van der Waals surface area contributed by atoms with Crippen LogP contribution in [0, 0.1) is 17.8 Å². The zero-order valence-corrected chi connectivity index (χ0v) is 7.38. The first kappa shape index (κ1) is 7.15. The van der Waals surface area contributed by atoms with Crippen molar-refractivity contribution in [2.75, 3.05) is 0 Å². The minimum Gasteiger partial charge on any atom is -0.0773 e. The molecule has 2 aliphatic rings. The number of allylic oxidation sites excluding steroid dienone is 4. The molecular weight excluding hydrogens is 132 g/mol.